The zero-order valence-corrected chi connectivity index (χ0v) is 12.2. The van der Waals surface area contributed by atoms with E-state index in [0.29, 0.717) is 12.2 Å². The van der Waals surface area contributed by atoms with Gasteiger partial charge in [0.05, 0.1) is 25.1 Å². The number of carbonyl (C=O) groups is 1. The first-order chi connectivity index (χ1) is 10.3. The van der Waals surface area contributed by atoms with Gasteiger partial charge in [-0.2, -0.15) is 0 Å². The van der Waals surface area contributed by atoms with Crippen molar-refractivity contribution in [3.8, 4) is 0 Å². The maximum absolute atomic E-state index is 11.5. The summed E-state index contributed by atoms with van der Waals surface area (Å²) in [6, 6.07) is 0. The third kappa shape index (κ3) is 6.50. The molecule has 1 fully saturated rings. The van der Waals surface area contributed by atoms with Gasteiger partial charge >= 0.3 is 6.09 Å². The molecule has 0 atom stereocenters. The molecule has 1 aromatic heterocycles. The summed E-state index contributed by atoms with van der Waals surface area (Å²) in [6.07, 6.45) is 6.32. The van der Waals surface area contributed by atoms with E-state index in [-0.39, 0.29) is 6.61 Å². The van der Waals surface area contributed by atoms with Gasteiger partial charge in [0, 0.05) is 32.0 Å². The van der Waals surface area contributed by atoms with Crippen molar-refractivity contribution in [3.63, 3.8) is 0 Å². The number of nitrogens with one attached hydrogen (secondary N) is 1. The van der Waals surface area contributed by atoms with Crippen LogP contribution in [-0.2, 0) is 16.1 Å². The highest BCUT2D eigenvalue weighted by atomic mass is 16.5. The van der Waals surface area contributed by atoms with Gasteiger partial charge in [0.1, 0.15) is 6.61 Å². The lowest BCUT2D eigenvalue weighted by atomic mass is 10.3. The van der Waals surface area contributed by atoms with Gasteiger partial charge in [-0.05, 0) is 19.4 Å². The van der Waals surface area contributed by atoms with Crippen molar-refractivity contribution in [2.45, 2.75) is 19.4 Å². The van der Waals surface area contributed by atoms with E-state index in [1.165, 1.54) is 0 Å². The fourth-order valence-electron chi connectivity index (χ4n) is 2.07. The Morgan fingerprint density at radius 3 is 2.95 bits per heavy atom. The minimum atomic E-state index is -0.410. The number of amides is 1. The van der Waals surface area contributed by atoms with Gasteiger partial charge in [-0.15, -0.1) is 0 Å². The zero-order valence-electron chi connectivity index (χ0n) is 12.2. The molecular weight excluding hydrogens is 272 g/mol. The molecule has 0 aromatic carbocycles. The number of hydrogen-bond donors (Lipinski definition) is 1. The Balaban J connectivity index is 1.47. The summed E-state index contributed by atoms with van der Waals surface area (Å²) in [6.45, 7) is 5.50. The number of morpholine rings is 1. The molecule has 1 aliphatic heterocycles. The van der Waals surface area contributed by atoms with Gasteiger partial charge in [-0.3, -0.25) is 14.9 Å². The normalized spacial score (nSPS) is 15.6. The Bertz CT molecular complexity index is 410. The molecule has 116 valence electrons. The number of rotatable bonds is 7. The number of ether oxygens (including phenoxy) is 2. The zero-order chi connectivity index (χ0) is 14.8. The van der Waals surface area contributed by atoms with Gasteiger partial charge < -0.3 is 14.8 Å². The van der Waals surface area contributed by atoms with Crippen molar-refractivity contribution < 1.29 is 14.3 Å². The van der Waals surface area contributed by atoms with Crippen LogP contribution in [0.5, 0.6) is 0 Å². The molecule has 1 aromatic rings. The molecule has 2 heterocycles. The van der Waals surface area contributed by atoms with E-state index < -0.39 is 6.09 Å². The van der Waals surface area contributed by atoms with Gasteiger partial charge in [0.25, 0.3) is 0 Å². The summed E-state index contributed by atoms with van der Waals surface area (Å²) in [5, 5.41) is 2.74. The molecule has 1 N–H and O–H groups in total. The van der Waals surface area contributed by atoms with Crippen LogP contribution in [0.25, 0.3) is 0 Å². The van der Waals surface area contributed by atoms with Gasteiger partial charge in [-0.1, -0.05) is 0 Å². The van der Waals surface area contributed by atoms with Crippen molar-refractivity contribution >= 4 is 6.09 Å². The Morgan fingerprint density at radius 2 is 2.19 bits per heavy atom. The van der Waals surface area contributed by atoms with Crippen LogP contribution in [0.2, 0.25) is 0 Å². The van der Waals surface area contributed by atoms with Crippen LogP contribution < -0.4 is 5.32 Å². The second kappa shape index (κ2) is 9.25. The van der Waals surface area contributed by atoms with Crippen LogP contribution in [-0.4, -0.2) is 60.4 Å². The fraction of sp³-hybridized carbons (Fsp3) is 0.643. The second-order valence-corrected chi connectivity index (χ2v) is 4.86. The maximum Gasteiger partial charge on any atom is 0.407 e. The van der Waals surface area contributed by atoms with E-state index in [1.54, 1.807) is 18.6 Å². The minimum Gasteiger partial charge on any atom is -0.443 e. The predicted octanol–water partition coefficient (Wildman–Crippen LogP) is 0.815. The van der Waals surface area contributed by atoms with Crippen LogP contribution in [0.3, 0.4) is 0 Å². The highest BCUT2D eigenvalue weighted by Crippen LogP contribution is 2.00. The Hall–Kier alpha value is -1.73. The number of hydrogen-bond acceptors (Lipinski definition) is 6. The first kappa shape index (κ1) is 15.7. The average molecular weight is 294 g/mol. The highest BCUT2D eigenvalue weighted by molar-refractivity contribution is 5.66. The summed E-state index contributed by atoms with van der Waals surface area (Å²) in [4.78, 5) is 21.8. The number of alkyl carbamates (subject to hydrolysis) is 1. The fourth-order valence-corrected chi connectivity index (χ4v) is 2.07. The maximum atomic E-state index is 11.5. The Morgan fingerprint density at radius 1 is 1.33 bits per heavy atom. The van der Waals surface area contributed by atoms with Crippen LogP contribution in [0.15, 0.2) is 18.6 Å². The molecule has 2 rings (SSSR count). The minimum absolute atomic E-state index is 0.146. The number of aromatic nitrogens is 2. The van der Waals surface area contributed by atoms with Crippen LogP contribution in [0.1, 0.15) is 18.5 Å². The topological polar surface area (TPSA) is 76.6 Å². The number of unbranched alkanes of at least 4 members (excludes halogenated alkanes) is 1. The molecule has 21 heavy (non-hydrogen) atoms. The number of carbonyl (C=O) groups excluding carboxylic acids is 1. The van der Waals surface area contributed by atoms with E-state index in [0.717, 1.165) is 45.7 Å². The molecule has 0 bridgehead atoms. The van der Waals surface area contributed by atoms with Crippen molar-refractivity contribution in [2.24, 2.45) is 0 Å². The van der Waals surface area contributed by atoms with Crippen molar-refractivity contribution in [1.82, 2.24) is 20.2 Å². The molecule has 1 saturated heterocycles. The molecule has 7 nitrogen and oxygen atoms in total. The Kier molecular flexibility index (Phi) is 6.90. The molecule has 0 spiro atoms. The third-order valence-electron chi connectivity index (χ3n) is 3.24. The largest absolute Gasteiger partial charge is 0.443 e. The third-order valence-corrected chi connectivity index (χ3v) is 3.24. The van der Waals surface area contributed by atoms with Crippen molar-refractivity contribution in [3.05, 3.63) is 24.3 Å². The molecule has 0 aliphatic carbocycles. The van der Waals surface area contributed by atoms with Gasteiger partial charge in [0.2, 0.25) is 0 Å². The lowest BCUT2D eigenvalue weighted by molar-refractivity contribution is 0.0372. The summed E-state index contributed by atoms with van der Waals surface area (Å²) >= 11 is 0. The predicted molar refractivity (Wildman–Crippen MR) is 76.7 cm³/mol. The second-order valence-electron chi connectivity index (χ2n) is 4.86. The van der Waals surface area contributed by atoms with Gasteiger partial charge in [0.15, 0.2) is 0 Å². The summed E-state index contributed by atoms with van der Waals surface area (Å²) < 4.78 is 10.3. The highest BCUT2D eigenvalue weighted by Gasteiger charge is 2.09. The summed E-state index contributed by atoms with van der Waals surface area (Å²) in [5.74, 6) is 0. The quantitative estimate of drug-likeness (QED) is 0.750. The SMILES string of the molecule is O=C(NCCCCN1CCOCC1)OCc1cnccn1. The molecule has 0 radical (unpaired) electrons. The molecular formula is C14H22N4O3. The first-order valence-corrected chi connectivity index (χ1v) is 7.30. The first-order valence-electron chi connectivity index (χ1n) is 7.30. The summed E-state index contributed by atoms with van der Waals surface area (Å²) in [5.41, 5.74) is 0.639. The van der Waals surface area contributed by atoms with E-state index in [4.69, 9.17) is 9.47 Å². The smallest absolute Gasteiger partial charge is 0.407 e. The monoisotopic (exact) mass is 294 g/mol. The molecule has 1 aliphatic rings. The standard InChI is InChI=1S/C14H22N4O3/c19-14(21-12-13-11-15-4-5-16-13)17-3-1-2-6-18-7-9-20-10-8-18/h4-5,11H,1-3,6-10,12H2,(H,17,19). The van der Waals surface area contributed by atoms with E-state index in [1.807, 2.05) is 0 Å². The lowest BCUT2D eigenvalue weighted by Crippen LogP contribution is -2.37. The van der Waals surface area contributed by atoms with Crippen LogP contribution >= 0.6 is 0 Å². The molecule has 0 unspecified atom stereocenters. The molecule has 1 amide bonds. The van der Waals surface area contributed by atoms with Crippen molar-refractivity contribution in [1.29, 1.82) is 0 Å². The van der Waals surface area contributed by atoms with Crippen LogP contribution in [0, 0.1) is 0 Å². The molecule has 7 heteroatoms. The van der Waals surface area contributed by atoms with E-state index in [9.17, 15) is 4.79 Å². The number of nitrogens with zero attached hydrogens (tertiary/aromatic N) is 3. The lowest BCUT2D eigenvalue weighted by Gasteiger charge is -2.26. The van der Waals surface area contributed by atoms with E-state index >= 15 is 0 Å². The Labute approximate surface area is 124 Å². The van der Waals surface area contributed by atoms with Crippen LogP contribution in [0.4, 0.5) is 4.79 Å². The van der Waals surface area contributed by atoms with Crippen molar-refractivity contribution in [2.75, 3.05) is 39.4 Å². The summed E-state index contributed by atoms with van der Waals surface area (Å²) in [7, 11) is 0. The molecule has 0 saturated carbocycles. The van der Waals surface area contributed by atoms with Gasteiger partial charge in [-0.25, -0.2) is 4.79 Å². The average Bonchev–Trinajstić information content (AvgIpc) is 2.54. The van der Waals surface area contributed by atoms with E-state index in [2.05, 4.69) is 20.2 Å².